The molecule has 1 fully saturated rings. The van der Waals surface area contributed by atoms with Crippen LogP contribution in [-0.2, 0) is 11.3 Å². The fourth-order valence-corrected chi connectivity index (χ4v) is 3.34. The van der Waals surface area contributed by atoms with Gasteiger partial charge in [0.2, 0.25) is 0 Å². The number of ether oxygens (including phenoxy) is 1. The molecule has 0 saturated carbocycles. The Labute approximate surface area is 154 Å². The number of urea groups is 1. The van der Waals surface area contributed by atoms with Crippen LogP contribution in [0.5, 0.6) is 0 Å². The van der Waals surface area contributed by atoms with Crippen LogP contribution in [0.15, 0.2) is 42.5 Å². The molecule has 1 saturated heterocycles. The lowest BCUT2D eigenvalue weighted by molar-refractivity contribution is 0.0526. The van der Waals surface area contributed by atoms with E-state index >= 15 is 0 Å². The third kappa shape index (κ3) is 3.87. The highest BCUT2D eigenvalue weighted by atomic mass is 16.5. The van der Waals surface area contributed by atoms with Gasteiger partial charge >= 0.3 is 12.0 Å². The van der Waals surface area contributed by atoms with E-state index in [1.807, 2.05) is 4.90 Å². The zero-order valence-corrected chi connectivity index (χ0v) is 15.5. The van der Waals surface area contributed by atoms with Crippen LogP contribution in [-0.4, -0.2) is 36.6 Å². The summed E-state index contributed by atoms with van der Waals surface area (Å²) >= 11 is 0. The molecule has 5 heteroatoms. The Balaban J connectivity index is 1.69. The van der Waals surface area contributed by atoms with Crippen molar-refractivity contribution < 1.29 is 14.3 Å². The topological polar surface area (TPSA) is 49.9 Å². The molecular weight excluding hydrogens is 328 g/mol. The maximum absolute atomic E-state index is 12.8. The van der Waals surface area contributed by atoms with Crippen molar-refractivity contribution in [3.8, 4) is 0 Å². The van der Waals surface area contributed by atoms with Crippen LogP contribution in [0.4, 0.5) is 10.5 Å². The standard InChI is InChI=1S/C21H24N2O3/c1-4-26-20(24)18-5-7-19(8-6-18)23-10-9-22(21(23)25)14-17-12-15(2)11-16(3)13-17/h5-8,11-13H,4,9-10,14H2,1-3H3. The highest BCUT2D eigenvalue weighted by molar-refractivity contribution is 5.95. The number of nitrogens with zero attached hydrogens (tertiary/aromatic N) is 2. The fourth-order valence-electron chi connectivity index (χ4n) is 3.34. The minimum Gasteiger partial charge on any atom is -0.462 e. The predicted octanol–water partition coefficient (Wildman–Crippen LogP) is 3.92. The summed E-state index contributed by atoms with van der Waals surface area (Å²) in [6, 6.07) is 13.4. The molecule has 3 rings (SSSR count). The minimum absolute atomic E-state index is 0.00644. The molecule has 0 unspecified atom stereocenters. The summed E-state index contributed by atoms with van der Waals surface area (Å²) in [6.45, 7) is 8.20. The maximum Gasteiger partial charge on any atom is 0.338 e. The van der Waals surface area contributed by atoms with Crippen molar-refractivity contribution in [2.24, 2.45) is 0 Å². The van der Waals surface area contributed by atoms with E-state index < -0.39 is 0 Å². The number of esters is 1. The summed E-state index contributed by atoms with van der Waals surface area (Å²) in [6.07, 6.45) is 0. The van der Waals surface area contributed by atoms with Crippen molar-refractivity contribution in [3.05, 3.63) is 64.7 Å². The van der Waals surface area contributed by atoms with Gasteiger partial charge in [-0.15, -0.1) is 0 Å². The summed E-state index contributed by atoms with van der Waals surface area (Å²) in [7, 11) is 0. The van der Waals surface area contributed by atoms with Crippen molar-refractivity contribution >= 4 is 17.7 Å². The number of benzene rings is 2. The van der Waals surface area contributed by atoms with Gasteiger partial charge in [0.15, 0.2) is 0 Å². The van der Waals surface area contributed by atoms with Gasteiger partial charge in [0.1, 0.15) is 0 Å². The molecule has 0 bridgehead atoms. The number of rotatable bonds is 5. The van der Waals surface area contributed by atoms with Crippen molar-refractivity contribution in [1.29, 1.82) is 0 Å². The van der Waals surface area contributed by atoms with Gasteiger partial charge in [0, 0.05) is 25.3 Å². The molecule has 2 amide bonds. The van der Waals surface area contributed by atoms with Crippen LogP contribution in [0.25, 0.3) is 0 Å². The van der Waals surface area contributed by atoms with Crippen LogP contribution >= 0.6 is 0 Å². The molecule has 26 heavy (non-hydrogen) atoms. The van der Waals surface area contributed by atoms with Gasteiger partial charge in [-0.3, -0.25) is 4.90 Å². The van der Waals surface area contributed by atoms with Crippen LogP contribution in [0.1, 0.15) is 34.0 Å². The SMILES string of the molecule is CCOC(=O)c1ccc(N2CCN(Cc3cc(C)cc(C)c3)C2=O)cc1. The molecule has 2 aromatic rings. The lowest BCUT2D eigenvalue weighted by Gasteiger charge is -2.19. The zero-order chi connectivity index (χ0) is 18.7. The van der Waals surface area contributed by atoms with E-state index in [0.717, 1.165) is 11.3 Å². The second kappa shape index (κ2) is 7.60. The van der Waals surface area contributed by atoms with Crippen LogP contribution in [0.3, 0.4) is 0 Å². The van der Waals surface area contributed by atoms with Crippen molar-refractivity contribution in [1.82, 2.24) is 4.90 Å². The highest BCUT2D eigenvalue weighted by Gasteiger charge is 2.29. The Hall–Kier alpha value is -2.82. The highest BCUT2D eigenvalue weighted by Crippen LogP contribution is 2.23. The Morgan fingerprint density at radius 2 is 1.69 bits per heavy atom. The van der Waals surface area contributed by atoms with E-state index in [2.05, 4.69) is 32.0 Å². The molecule has 1 aliphatic rings. The van der Waals surface area contributed by atoms with Gasteiger partial charge in [-0.2, -0.15) is 0 Å². The van der Waals surface area contributed by atoms with Gasteiger partial charge in [-0.1, -0.05) is 29.3 Å². The average molecular weight is 352 g/mol. The predicted molar refractivity (Wildman–Crippen MR) is 101 cm³/mol. The lowest BCUT2D eigenvalue weighted by atomic mass is 10.1. The number of anilines is 1. The van der Waals surface area contributed by atoms with E-state index in [-0.39, 0.29) is 12.0 Å². The first-order valence-corrected chi connectivity index (χ1v) is 8.88. The first-order chi connectivity index (χ1) is 12.5. The van der Waals surface area contributed by atoms with E-state index in [0.29, 0.717) is 31.8 Å². The molecule has 1 heterocycles. The number of hydrogen-bond donors (Lipinski definition) is 0. The molecule has 0 atom stereocenters. The lowest BCUT2D eigenvalue weighted by Crippen LogP contribution is -2.31. The number of carbonyl (C=O) groups excluding carboxylic acids is 2. The third-order valence-electron chi connectivity index (χ3n) is 4.44. The van der Waals surface area contributed by atoms with Gasteiger partial charge in [0.05, 0.1) is 12.2 Å². The summed E-state index contributed by atoms with van der Waals surface area (Å²) in [5, 5.41) is 0. The van der Waals surface area contributed by atoms with Crippen LogP contribution < -0.4 is 4.90 Å². The summed E-state index contributed by atoms with van der Waals surface area (Å²) in [5.41, 5.74) is 4.85. The molecular formula is C21H24N2O3. The summed E-state index contributed by atoms with van der Waals surface area (Å²) < 4.78 is 4.99. The van der Waals surface area contributed by atoms with Crippen LogP contribution in [0.2, 0.25) is 0 Å². The second-order valence-electron chi connectivity index (χ2n) is 6.62. The zero-order valence-electron chi connectivity index (χ0n) is 15.5. The van der Waals surface area contributed by atoms with Gasteiger partial charge in [-0.05, 0) is 50.6 Å². The largest absolute Gasteiger partial charge is 0.462 e. The number of amides is 2. The van der Waals surface area contributed by atoms with Crippen molar-refractivity contribution in [2.45, 2.75) is 27.3 Å². The van der Waals surface area contributed by atoms with Gasteiger partial charge < -0.3 is 9.64 Å². The number of carbonyl (C=O) groups is 2. The molecule has 0 N–H and O–H groups in total. The smallest absolute Gasteiger partial charge is 0.338 e. The van der Waals surface area contributed by atoms with Gasteiger partial charge in [-0.25, -0.2) is 9.59 Å². The van der Waals surface area contributed by atoms with Gasteiger partial charge in [0.25, 0.3) is 0 Å². The van der Waals surface area contributed by atoms with E-state index in [9.17, 15) is 9.59 Å². The molecule has 0 aromatic heterocycles. The average Bonchev–Trinajstić information content (AvgIpc) is 2.95. The van der Waals surface area contributed by atoms with Crippen LogP contribution in [0, 0.1) is 13.8 Å². The Bertz CT molecular complexity index is 794. The molecule has 136 valence electrons. The summed E-state index contributed by atoms with van der Waals surface area (Å²) in [5.74, 6) is -0.344. The monoisotopic (exact) mass is 352 g/mol. The van der Waals surface area contributed by atoms with E-state index in [1.54, 1.807) is 36.1 Å². The number of aryl methyl sites for hydroxylation is 2. The first-order valence-electron chi connectivity index (χ1n) is 8.88. The Kier molecular flexibility index (Phi) is 5.26. The minimum atomic E-state index is -0.344. The fraction of sp³-hybridized carbons (Fsp3) is 0.333. The normalized spacial score (nSPS) is 14.0. The number of hydrogen-bond acceptors (Lipinski definition) is 3. The Morgan fingerprint density at radius 3 is 2.31 bits per heavy atom. The Morgan fingerprint density at radius 1 is 1.04 bits per heavy atom. The van der Waals surface area contributed by atoms with Crippen molar-refractivity contribution in [2.75, 3.05) is 24.6 Å². The van der Waals surface area contributed by atoms with E-state index in [1.165, 1.54) is 11.1 Å². The van der Waals surface area contributed by atoms with Crippen molar-refractivity contribution in [3.63, 3.8) is 0 Å². The van der Waals surface area contributed by atoms with E-state index in [4.69, 9.17) is 4.74 Å². The molecule has 2 aromatic carbocycles. The molecule has 0 radical (unpaired) electrons. The first kappa shape index (κ1) is 18.0. The second-order valence-corrected chi connectivity index (χ2v) is 6.62. The maximum atomic E-state index is 12.8. The quantitative estimate of drug-likeness (QED) is 0.766. The summed E-state index contributed by atoms with van der Waals surface area (Å²) in [4.78, 5) is 28.1. The molecule has 5 nitrogen and oxygen atoms in total. The molecule has 0 spiro atoms. The molecule has 1 aliphatic heterocycles. The molecule has 0 aliphatic carbocycles. The third-order valence-corrected chi connectivity index (χ3v) is 4.44.